The lowest BCUT2D eigenvalue weighted by molar-refractivity contribution is -0.162. The van der Waals surface area contributed by atoms with Crippen LogP contribution < -0.4 is 5.73 Å². The van der Waals surface area contributed by atoms with E-state index in [2.05, 4.69) is 0 Å². The van der Waals surface area contributed by atoms with Crippen LogP contribution in [-0.4, -0.2) is 85.2 Å². The van der Waals surface area contributed by atoms with E-state index in [1.807, 2.05) is 0 Å². The van der Waals surface area contributed by atoms with E-state index in [1.165, 1.54) is 25.1 Å². The number of phenolic OH excluding ortho intramolecular Hbond substituents is 1. The average molecular weight is 462 g/mol. The van der Waals surface area contributed by atoms with Crippen LogP contribution in [0.5, 0.6) is 5.75 Å². The molecule has 11 heteroatoms. The molecule has 0 saturated heterocycles. The number of nitrogens with two attached hydrogens (primary N) is 1. The van der Waals surface area contributed by atoms with Crippen LogP contribution in [0.4, 0.5) is 0 Å². The second-order valence-electron chi connectivity index (χ2n) is 8.79. The zero-order valence-electron chi connectivity index (χ0n) is 18.1. The van der Waals surface area contributed by atoms with Crippen LogP contribution in [0, 0.1) is 11.8 Å². The number of phenols is 1. The number of amides is 1. The standard InChI is InChI=1S/C22H24N2O8.H2O/c1-7-8-5-4-6-9(25)11(8)16(26)12-10(7)17(27)14-15(24(2)3)18(28)13(21(23)31)20(30)22(14,32)19(12)29;/h4-7,10,14-15,17,25,27-29,32H,1-3H3,(H2,23,31);1H2/t7-,10+,14-,15-,17-,22-;/m0./s1. The van der Waals surface area contributed by atoms with E-state index in [4.69, 9.17) is 5.73 Å². The van der Waals surface area contributed by atoms with Gasteiger partial charge in [-0.1, -0.05) is 19.1 Å². The Labute approximate surface area is 188 Å². The number of Topliss-reactive ketones (excluding diaryl/α,β-unsaturated/α-hetero) is 2. The maximum atomic E-state index is 13.3. The summed E-state index contributed by atoms with van der Waals surface area (Å²) in [5.41, 5.74) is 1.36. The lowest BCUT2D eigenvalue weighted by Gasteiger charge is -2.53. The molecule has 6 atom stereocenters. The molecule has 1 amide bonds. The van der Waals surface area contributed by atoms with Gasteiger partial charge in [0, 0.05) is 11.5 Å². The molecule has 0 aromatic heterocycles. The predicted molar refractivity (Wildman–Crippen MR) is 113 cm³/mol. The number of hydrogen-bond acceptors (Lipinski definition) is 9. The number of carbonyl (C=O) groups is 3. The van der Waals surface area contributed by atoms with Gasteiger partial charge in [-0.2, -0.15) is 0 Å². The van der Waals surface area contributed by atoms with Gasteiger partial charge in [-0.05, 0) is 31.6 Å². The fourth-order valence-electron chi connectivity index (χ4n) is 5.58. The van der Waals surface area contributed by atoms with Crippen molar-refractivity contribution in [1.29, 1.82) is 0 Å². The number of nitrogens with zero attached hydrogens (tertiary/aromatic N) is 1. The summed E-state index contributed by atoms with van der Waals surface area (Å²) in [4.78, 5) is 39.8. The third kappa shape index (κ3) is 2.86. The highest BCUT2D eigenvalue weighted by atomic mass is 16.4. The summed E-state index contributed by atoms with van der Waals surface area (Å²) in [7, 11) is 2.98. The number of primary amides is 1. The van der Waals surface area contributed by atoms with Gasteiger partial charge in [0.15, 0.2) is 11.4 Å². The second-order valence-corrected chi connectivity index (χ2v) is 8.79. The third-order valence-electron chi connectivity index (χ3n) is 7.00. The van der Waals surface area contributed by atoms with Gasteiger partial charge in [-0.15, -0.1) is 0 Å². The monoisotopic (exact) mass is 462 g/mol. The Bertz CT molecular complexity index is 1140. The minimum atomic E-state index is -2.89. The molecule has 0 fully saturated rings. The lowest BCUT2D eigenvalue weighted by atomic mass is 9.55. The Morgan fingerprint density at radius 3 is 2.30 bits per heavy atom. The number of aliphatic hydroxyl groups excluding tert-OH is 3. The molecule has 0 radical (unpaired) electrons. The van der Waals surface area contributed by atoms with Crippen molar-refractivity contribution >= 4 is 17.5 Å². The summed E-state index contributed by atoms with van der Waals surface area (Å²) in [6, 6.07) is 3.17. The molecule has 4 rings (SSSR count). The number of aromatic hydroxyl groups is 1. The molecule has 0 heterocycles. The Morgan fingerprint density at radius 1 is 1.15 bits per heavy atom. The van der Waals surface area contributed by atoms with Crippen LogP contribution in [0.25, 0.3) is 0 Å². The van der Waals surface area contributed by atoms with Gasteiger partial charge in [0.1, 0.15) is 22.8 Å². The lowest BCUT2D eigenvalue weighted by Crippen LogP contribution is -2.68. The molecule has 3 aliphatic carbocycles. The minimum absolute atomic E-state index is 0. The molecular formula is C22H26N2O9. The highest BCUT2D eigenvalue weighted by Crippen LogP contribution is 2.55. The topological polar surface area (TPSA) is 213 Å². The second kappa shape index (κ2) is 7.66. The molecule has 1 aromatic rings. The summed E-state index contributed by atoms with van der Waals surface area (Å²) in [5.74, 6) is -8.86. The molecule has 3 aliphatic rings. The number of fused-ring (bicyclic) bond motifs is 3. The van der Waals surface area contributed by atoms with Gasteiger partial charge < -0.3 is 36.7 Å². The first kappa shape index (κ1) is 24.4. The maximum Gasteiger partial charge on any atom is 0.255 e. The van der Waals surface area contributed by atoms with Gasteiger partial charge in [-0.3, -0.25) is 19.3 Å². The molecule has 0 aliphatic heterocycles. The average Bonchev–Trinajstić information content (AvgIpc) is 2.70. The summed E-state index contributed by atoms with van der Waals surface area (Å²) >= 11 is 0. The van der Waals surface area contributed by atoms with Gasteiger partial charge in [0.2, 0.25) is 5.78 Å². The number of benzene rings is 1. The van der Waals surface area contributed by atoms with Crippen LogP contribution in [0.15, 0.2) is 40.9 Å². The number of hydrogen-bond donors (Lipinski definition) is 6. The number of likely N-dealkylation sites (N-methyl/N-ethyl adjacent to an activating group) is 1. The Hall–Kier alpha value is -3.25. The highest BCUT2D eigenvalue weighted by molar-refractivity contribution is 6.25. The van der Waals surface area contributed by atoms with Crippen molar-refractivity contribution in [2.45, 2.75) is 30.6 Å². The molecular weight excluding hydrogens is 436 g/mol. The fraction of sp³-hybridized carbons (Fsp3) is 0.409. The van der Waals surface area contributed by atoms with E-state index in [9.17, 15) is 39.9 Å². The van der Waals surface area contributed by atoms with Crippen LogP contribution in [0.1, 0.15) is 28.8 Å². The fourth-order valence-corrected chi connectivity index (χ4v) is 5.58. The van der Waals surface area contributed by atoms with E-state index in [-0.39, 0.29) is 16.8 Å². The van der Waals surface area contributed by atoms with Crippen molar-refractivity contribution < 1.29 is 45.4 Å². The molecule has 178 valence electrons. The number of carbonyl (C=O) groups excluding carboxylic acids is 3. The van der Waals surface area contributed by atoms with E-state index in [1.54, 1.807) is 19.1 Å². The van der Waals surface area contributed by atoms with Crippen LogP contribution in [0.2, 0.25) is 0 Å². The Kier molecular flexibility index (Phi) is 5.66. The summed E-state index contributed by atoms with van der Waals surface area (Å²) in [6.45, 7) is 1.68. The van der Waals surface area contributed by atoms with E-state index in [0.717, 1.165) is 0 Å². The predicted octanol–water partition coefficient (Wildman–Crippen LogP) is -1.17. The molecule has 0 saturated carbocycles. The van der Waals surface area contributed by atoms with Gasteiger partial charge >= 0.3 is 0 Å². The molecule has 0 bridgehead atoms. The Morgan fingerprint density at radius 2 is 1.76 bits per heavy atom. The van der Waals surface area contributed by atoms with Crippen LogP contribution >= 0.6 is 0 Å². The minimum Gasteiger partial charge on any atom is -0.510 e. The maximum absolute atomic E-state index is 13.3. The van der Waals surface area contributed by atoms with Crippen molar-refractivity contribution in [2.24, 2.45) is 17.6 Å². The summed E-state index contributed by atoms with van der Waals surface area (Å²) in [6.07, 6.45) is -1.59. The Balaban J connectivity index is 0.00000306. The largest absolute Gasteiger partial charge is 0.510 e. The van der Waals surface area contributed by atoms with Crippen LogP contribution in [-0.2, 0) is 9.59 Å². The zero-order valence-corrected chi connectivity index (χ0v) is 18.1. The molecule has 11 nitrogen and oxygen atoms in total. The molecule has 33 heavy (non-hydrogen) atoms. The van der Waals surface area contributed by atoms with Crippen molar-refractivity contribution in [3.05, 3.63) is 52.0 Å². The van der Waals surface area contributed by atoms with Crippen molar-refractivity contribution in [3.63, 3.8) is 0 Å². The van der Waals surface area contributed by atoms with Crippen molar-refractivity contribution in [3.8, 4) is 5.75 Å². The molecule has 1 aromatic carbocycles. The van der Waals surface area contributed by atoms with Crippen molar-refractivity contribution in [2.75, 3.05) is 14.1 Å². The molecule has 0 spiro atoms. The quantitative estimate of drug-likeness (QED) is 0.292. The third-order valence-corrected chi connectivity index (χ3v) is 7.00. The van der Waals surface area contributed by atoms with Crippen molar-refractivity contribution in [1.82, 2.24) is 4.90 Å². The van der Waals surface area contributed by atoms with Gasteiger partial charge in [-0.25, -0.2) is 0 Å². The first-order valence-electron chi connectivity index (χ1n) is 10.0. The van der Waals surface area contributed by atoms with E-state index < -0.39 is 75.6 Å². The van der Waals surface area contributed by atoms with E-state index in [0.29, 0.717) is 5.56 Å². The highest BCUT2D eigenvalue weighted by Gasteiger charge is 2.67. The first-order chi connectivity index (χ1) is 14.9. The van der Waals surface area contributed by atoms with Crippen LogP contribution in [0.3, 0.4) is 0 Å². The zero-order chi connectivity index (χ0) is 23.9. The smallest absolute Gasteiger partial charge is 0.255 e. The first-order valence-corrected chi connectivity index (χ1v) is 10.0. The number of rotatable bonds is 2. The molecule has 0 unspecified atom stereocenters. The SMILES string of the molecule is C[C@H]1c2cccc(O)c2C(=O)C2=C(O)[C@]3(O)C(=O)C(C(N)=O)=C(O)[C@@H](N(C)C)[C@H]3[C@@H](O)[C@@H]21.O. The molecule has 9 N–H and O–H groups in total. The van der Waals surface area contributed by atoms with Gasteiger partial charge in [0.05, 0.1) is 23.6 Å². The summed E-state index contributed by atoms with van der Waals surface area (Å²) in [5, 5.41) is 55.0. The number of aliphatic hydroxyl groups is 4. The normalized spacial score (nSPS) is 33.3. The summed E-state index contributed by atoms with van der Waals surface area (Å²) < 4.78 is 0. The number of ketones is 2. The van der Waals surface area contributed by atoms with Gasteiger partial charge in [0.25, 0.3) is 5.91 Å². The van der Waals surface area contributed by atoms with E-state index >= 15 is 0 Å².